The van der Waals surface area contributed by atoms with Crippen molar-refractivity contribution in [2.24, 2.45) is 5.73 Å². The van der Waals surface area contributed by atoms with Crippen LogP contribution >= 0.6 is 0 Å². The summed E-state index contributed by atoms with van der Waals surface area (Å²) in [6, 6.07) is 5.85. The molecule has 0 saturated carbocycles. The molecule has 0 fully saturated rings. The molecule has 0 aliphatic carbocycles. The summed E-state index contributed by atoms with van der Waals surface area (Å²) in [6.45, 7) is 6.14. The molecule has 2 heteroatoms. The molecule has 1 aromatic carbocycles. The highest BCUT2D eigenvalue weighted by Gasteiger charge is 2.19. The summed E-state index contributed by atoms with van der Waals surface area (Å²) in [6.07, 6.45) is 1.28. The smallest absolute Gasteiger partial charge is 0.0732 e. The average molecular weight is 207 g/mol. The molecule has 1 aromatic rings. The molecule has 0 radical (unpaired) electrons. The van der Waals surface area contributed by atoms with E-state index in [4.69, 9.17) is 5.73 Å². The Morgan fingerprint density at radius 2 is 1.80 bits per heavy atom. The Morgan fingerprint density at radius 3 is 2.27 bits per heavy atom. The first-order valence-corrected chi connectivity index (χ1v) is 5.57. The van der Waals surface area contributed by atoms with Gasteiger partial charge in [-0.2, -0.15) is 0 Å². The second-order valence-corrected chi connectivity index (χ2v) is 4.19. The van der Waals surface area contributed by atoms with Gasteiger partial charge in [-0.05, 0) is 37.0 Å². The number of aliphatic hydroxyl groups excluding tert-OH is 1. The van der Waals surface area contributed by atoms with E-state index >= 15 is 0 Å². The Bertz CT molecular complexity index is 302. The summed E-state index contributed by atoms with van der Waals surface area (Å²) in [4.78, 5) is 0. The van der Waals surface area contributed by atoms with Crippen LogP contribution in [0.3, 0.4) is 0 Å². The molecule has 84 valence electrons. The normalized spacial score (nSPS) is 15.0. The lowest BCUT2D eigenvalue weighted by Crippen LogP contribution is -2.27. The fraction of sp³-hybridized carbons (Fsp3) is 0.538. The predicted octanol–water partition coefficient (Wildman–Crippen LogP) is 2.46. The maximum Gasteiger partial charge on any atom is 0.0732 e. The number of rotatable bonds is 4. The summed E-state index contributed by atoms with van der Waals surface area (Å²) in [5.74, 6) is 0. The van der Waals surface area contributed by atoms with E-state index in [0.717, 1.165) is 29.5 Å². The van der Waals surface area contributed by atoms with E-state index in [0.29, 0.717) is 0 Å². The molecular formula is C13H21NO. The van der Waals surface area contributed by atoms with Crippen molar-refractivity contribution < 1.29 is 5.11 Å². The Hall–Kier alpha value is -0.860. The number of hydrogen-bond acceptors (Lipinski definition) is 2. The molecule has 0 bridgehead atoms. The van der Waals surface area contributed by atoms with Crippen molar-refractivity contribution in [3.05, 3.63) is 34.9 Å². The maximum atomic E-state index is 9.90. The van der Waals surface area contributed by atoms with E-state index in [-0.39, 0.29) is 6.04 Å². The molecule has 0 amide bonds. The van der Waals surface area contributed by atoms with Gasteiger partial charge >= 0.3 is 0 Å². The van der Waals surface area contributed by atoms with Crippen LogP contribution in [0, 0.1) is 13.8 Å². The van der Waals surface area contributed by atoms with Crippen LogP contribution in [-0.4, -0.2) is 11.2 Å². The van der Waals surface area contributed by atoms with Crippen LogP contribution in [0.25, 0.3) is 0 Å². The molecule has 0 heterocycles. The summed E-state index contributed by atoms with van der Waals surface area (Å²) >= 11 is 0. The molecule has 3 N–H and O–H groups in total. The van der Waals surface area contributed by atoms with Crippen molar-refractivity contribution in [3.8, 4) is 0 Å². The van der Waals surface area contributed by atoms with Crippen LogP contribution in [-0.2, 0) is 0 Å². The number of aliphatic hydroxyl groups is 1. The van der Waals surface area contributed by atoms with Crippen molar-refractivity contribution in [1.29, 1.82) is 0 Å². The molecule has 0 spiro atoms. The zero-order valence-corrected chi connectivity index (χ0v) is 9.83. The minimum absolute atomic E-state index is 0.258. The monoisotopic (exact) mass is 207 g/mol. The molecule has 0 aliphatic rings. The summed E-state index contributed by atoms with van der Waals surface area (Å²) in [7, 11) is 0. The summed E-state index contributed by atoms with van der Waals surface area (Å²) in [5, 5.41) is 9.90. The first-order chi connectivity index (χ1) is 7.07. The lowest BCUT2D eigenvalue weighted by molar-refractivity contribution is 0.134. The van der Waals surface area contributed by atoms with E-state index in [1.165, 1.54) is 0 Å². The maximum absolute atomic E-state index is 9.90. The van der Waals surface area contributed by atoms with Crippen molar-refractivity contribution in [1.82, 2.24) is 0 Å². The number of hydrogen-bond donors (Lipinski definition) is 2. The summed E-state index contributed by atoms with van der Waals surface area (Å²) < 4.78 is 0. The zero-order chi connectivity index (χ0) is 11.4. The average Bonchev–Trinajstić information content (AvgIpc) is 2.17. The summed E-state index contributed by atoms with van der Waals surface area (Å²) in [5.41, 5.74) is 9.50. The van der Waals surface area contributed by atoms with Gasteiger partial charge in [0.15, 0.2) is 0 Å². The molecule has 0 aromatic heterocycles. The van der Waals surface area contributed by atoms with Crippen molar-refractivity contribution in [2.45, 2.75) is 45.8 Å². The second kappa shape index (κ2) is 5.29. The third-order valence-electron chi connectivity index (χ3n) is 2.87. The van der Waals surface area contributed by atoms with Crippen LogP contribution in [0.5, 0.6) is 0 Å². The van der Waals surface area contributed by atoms with Gasteiger partial charge in [-0.25, -0.2) is 0 Å². The third kappa shape index (κ3) is 2.80. The first kappa shape index (κ1) is 12.2. The Labute approximate surface area is 92.1 Å². The topological polar surface area (TPSA) is 46.2 Å². The molecule has 2 atom stereocenters. The van der Waals surface area contributed by atoms with Gasteiger partial charge in [0.25, 0.3) is 0 Å². The Kier molecular flexibility index (Phi) is 4.30. The highest BCUT2D eigenvalue weighted by Crippen LogP contribution is 2.24. The lowest BCUT2D eigenvalue weighted by atomic mass is 9.92. The van der Waals surface area contributed by atoms with Gasteiger partial charge in [0.1, 0.15) is 0 Å². The minimum atomic E-state index is -0.435. The van der Waals surface area contributed by atoms with E-state index in [2.05, 4.69) is 6.92 Å². The molecule has 0 saturated heterocycles. The predicted molar refractivity (Wildman–Crippen MR) is 63.8 cm³/mol. The molecule has 0 aliphatic heterocycles. The number of nitrogens with two attached hydrogens (primary N) is 1. The molecule has 15 heavy (non-hydrogen) atoms. The Balaban J connectivity index is 2.94. The van der Waals surface area contributed by atoms with Crippen LogP contribution in [0.15, 0.2) is 18.2 Å². The molecular weight excluding hydrogens is 186 g/mol. The quantitative estimate of drug-likeness (QED) is 0.796. The SMILES string of the molecule is CCC[C@H](O)[C@H](N)c1c(C)cccc1C. The van der Waals surface area contributed by atoms with Crippen molar-refractivity contribution in [3.63, 3.8) is 0 Å². The van der Waals surface area contributed by atoms with Crippen LogP contribution in [0.2, 0.25) is 0 Å². The van der Waals surface area contributed by atoms with Gasteiger partial charge in [0.05, 0.1) is 12.1 Å². The van der Waals surface area contributed by atoms with Crippen LogP contribution in [0.1, 0.15) is 42.5 Å². The molecule has 2 nitrogen and oxygen atoms in total. The van der Waals surface area contributed by atoms with E-state index < -0.39 is 6.10 Å². The van der Waals surface area contributed by atoms with Gasteiger partial charge in [0, 0.05) is 0 Å². The zero-order valence-electron chi connectivity index (χ0n) is 9.83. The van der Waals surface area contributed by atoms with E-state index in [1.54, 1.807) is 0 Å². The lowest BCUT2D eigenvalue weighted by Gasteiger charge is -2.22. The van der Waals surface area contributed by atoms with Crippen molar-refractivity contribution >= 4 is 0 Å². The standard InChI is InChI=1S/C13H21NO/c1-4-6-11(15)13(14)12-9(2)7-5-8-10(12)3/h5,7-8,11,13,15H,4,6,14H2,1-3H3/t11-,13-/m0/s1. The van der Waals surface area contributed by atoms with Gasteiger partial charge < -0.3 is 10.8 Å². The van der Waals surface area contributed by atoms with E-state index in [1.807, 2.05) is 32.0 Å². The third-order valence-corrected chi connectivity index (χ3v) is 2.87. The highest BCUT2D eigenvalue weighted by molar-refractivity contribution is 5.36. The van der Waals surface area contributed by atoms with Gasteiger partial charge in [-0.15, -0.1) is 0 Å². The Morgan fingerprint density at radius 1 is 1.27 bits per heavy atom. The van der Waals surface area contributed by atoms with Gasteiger partial charge in [-0.3, -0.25) is 0 Å². The largest absolute Gasteiger partial charge is 0.391 e. The molecule has 1 rings (SSSR count). The van der Waals surface area contributed by atoms with Gasteiger partial charge in [-0.1, -0.05) is 31.5 Å². The fourth-order valence-electron chi connectivity index (χ4n) is 2.02. The highest BCUT2D eigenvalue weighted by atomic mass is 16.3. The van der Waals surface area contributed by atoms with Crippen LogP contribution in [0.4, 0.5) is 0 Å². The van der Waals surface area contributed by atoms with Crippen LogP contribution < -0.4 is 5.73 Å². The number of benzene rings is 1. The van der Waals surface area contributed by atoms with Crippen molar-refractivity contribution in [2.75, 3.05) is 0 Å². The fourth-order valence-corrected chi connectivity index (χ4v) is 2.02. The second-order valence-electron chi connectivity index (χ2n) is 4.19. The van der Waals surface area contributed by atoms with Gasteiger partial charge in [0.2, 0.25) is 0 Å². The van der Waals surface area contributed by atoms with E-state index in [9.17, 15) is 5.11 Å². The first-order valence-electron chi connectivity index (χ1n) is 5.57. The number of aryl methyl sites for hydroxylation is 2. The minimum Gasteiger partial charge on any atom is -0.391 e. The molecule has 0 unspecified atom stereocenters.